The molecule has 0 bridgehead atoms. The Kier molecular flexibility index (Phi) is 5.24. The Morgan fingerprint density at radius 1 is 1.24 bits per heavy atom. The monoisotopic (exact) mass is 407 g/mol. The van der Waals surface area contributed by atoms with E-state index >= 15 is 0 Å². The summed E-state index contributed by atoms with van der Waals surface area (Å²) in [7, 11) is 1.62. The van der Waals surface area contributed by atoms with Crippen LogP contribution in [-0.2, 0) is 4.79 Å². The number of hydrogen-bond acceptors (Lipinski definition) is 4. The largest absolute Gasteiger partial charge is 0.497 e. The van der Waals surface area contributed by atoms with Crippen LogP contribution in [0.4, 0.5) is 0 Å². The number of carbonyl (C=O) groups excluding carboxylic acids is 1. The molecule has 0 N–H and O–H groups in total. The minimum atomic E-state index is -0.274. The van der Waals surface area contributed by atoms with Gasteiger partial charge in [-0.25, -0.2) is 9.99 Å². The lowest BCUT2D eigenvalue weighted by atomic mass is 9.97. The van der Waals surface area contributed by atoms with E-state index in [9.17, 15) is 4.79 Å². The highest BCUT2D eigenvalue weighted by molar-refractivity contribution is 6.30. The van der Waals surface area contributed by atoms with Gasteiger partial charge in [-0.3, -0.25) is 4.79 Å². The van der Waals surface area contributed by atoms with Crippen LogP contribution in [0.3, 0.4) is 0 Å². The number of halogens is 1. The quantitative estimate of drug-likeness (QED) is 0.552. The van der Waals surface area contributed by atoms with E-state index in [1.807, 2.05) is 56.3 Å². The zero-order chi connectivity index (χ0) is 20.5. The van der Waals surface area contributed by atoms with Crippen molar-refractivity contribution in [1.82, 2.24) is 9.99 Å². The number of methoxy groups -OCH3 is 1. The number of ether oxygens (including phenoxy) is 1. The average molecular weight is 408 g/mol. The predicted molar refractivity (Wildman–Crippen MR) is 116 cm³/mol. The first kappa shape index (κ1) is 19.4. The number of hydrazone groups is 1. The second kappa shape index (κ2) is 7.84. The summed E-state index contributed by atoms with van der Waals surface area (Å²) < 4.78 is 5.27. The summed E-state index contributed by atoms with van der Waals surface area (Å²) in [5.74, 6) is 0.686. The highest BCUT2D eigenvalue weighted by atomic mass is 35.5. The molecular formula is C23H22ClN3O2. The molecule has 29 heavy (non-hydrogen) atoms. The molecule has 5 nitrogen and oxygen atoms in total. The standard InChI is InChI=1S/C23H22ClN3O2/c1-4-22(28)27-21(13-20(26-27)15-7-5-6-14(2)10-15)18-11-16-8-9-17(29-3)12-19(16)25-23(18)24/h5-12,21H,4,13H2,1-3H3. The lowest BCUT2D eigenvalue weighted by Gasteiger charge is -2.22. The molecule has 1 unspecified atom stereocenters. The Hall–Kier alpha value is -2.92. The van der Waals surface area contributed by atoms with E-state index in [-0.39, 0.29) is 11.9 Å². The molecule has 0 fully saturated rings. The third-order valence-electron chi connectivity index (χ3n) is 5.18. The number of carbonyl (C=O) groups is 1. The molecule has 1 atom stereocenters. The van der Waals surface area contributed by atoms with Crippen molar-refractivity contribution in [3.63, 3.8) is 0 Å². The van der Waals surface area contributed by atoms with Gasteiger partial charge in [0.15, 0.2) is 0 Å². The predicted octanol–water partition coefficient (Wildman–Crippen LogP) is 5.29. The Labute approximate surface area is 175 Å². The molecule has 2 aromatic carbocycles. The number of rotatable bonds is 4. The maximum Gasteiger partial charge on any atom is 0.242 e. The Balaban J connectivity index is 1.76. The zero-order valence-corrected chi connectivity index (χ0v) is 17.4. The molecular weight excluding hydrogens is 386 g/mol. The van der Waals surface area contributed by atoms with Gasteiger partial charge in [0.1, 0.15) is 10.9 Å². The fraction of sp³-hybridized carbons (Fsp3) is 0.261. The van der Waals surface area contributed by atoms with Crippen LogP contribution in [-0.4, -0.2) is 28.7 Å². The Morgan fingerprint density at radius 3 is 2.79 bits per heavy atom. The zero-order valence-electron chi connectivity index (χ0n) is 16.6. The smallest absolute Gasteiger partial charge is 0.242 e. The van der Waals surface area contributed by atoms with Crippen LogP contribution >= 0.6 is 11.6 Å². The summed E-state index contributed by atoms with van der Waals surface area (Å²) in [6.45, 7) is 3.88. The Morgan fingerprint density at radius 2 is 2.07 bits per heavy atom. The summed E-state index contributed by atoms with van der Waals surface area (Å²) in [6, 6.07) is 15.6. The van der Waals surface area contributed by atoms with Crippen molar-refractivity contribution in [1.29, 1.82) is 0 Å². The number of amides is 1. The van der Waals surface area contributed by atoms with Gasteiger partial charge in [0.25, 0.3) is 0 Å². The first-order valence-electron chi connectivity index (χ1n) is 9.61. The van der Waals surface area contributed by atoms with Gasteiger partial charge in [0, 0.05) is 29.9 Å². The van der Waals surface area contributed by atoms with Crippen LogP contribution < -0.4 is 4.74 Å². The van der Waals surface area contributed by atoms with Crippen molar-refractivity contribution in [2.24, 2.45) is 5.10 Å². The number of hydrogen-bond donors (Lipinski definition) is 0. The SMILES string of the molecule is CCC(=O)N1N=C(c2cccc(C)c2)CC1c1cc2ccc(OC)cc2nc1Cl. The van der Waals surface area contributed by atoms with Crippen molar-refractivity contribution in [2.45, 2.75) is 32.7 Å². The second-order valence-corrected chi connectivity index (χ2v) is 7.51. The first-order chi connectivity index (χ1) is 14.0. The van der Waals surface area contributed by atoms with Gasteiger partial charge in [0.05, 0.1) is 24.4 Å². The lowest BCUT2D eigenvalue weighted by Crippen LogP contribution is -2.26. The summed E-state index contributed by atoms with van der Waals surface area (Å²) in [4.78, 5) is 17.2. The van der Waals surface area contributed by atoms with Crippen molar-refractivity contribution >= 4 is 34.1 Å². The van der Waals surface area contributed by atoms with E-state index in [2.05, 4.69) is 16.2 Å². The van der Waals surface area contributed by atoms with E-state index in [0.29, 0.717) is 18.0 Å². The van der Waals surface area contributed by atoms with Crippen LogP contribution in [0, 0.1) is 6.92 Å². The molecule has 0 saturated heterocycles. The molecule has 4 rings (SSSR count). The van der Waals surface area contributed by atoms with Crippen LogP contribution in [0.5, 0.6) is 5.75 Å². The number of fused-ring (bicyclic) bond motifs is 1. The maximum atomic E-state index is 12.6. The van der Waals surface area contributed by atoms with Gasteiger partial charge in [-0.05, 0) is 30.7 Å². The Bertz CT molecular complexity index is 1130. The number of aryl methyl sites for hydroxylation is 1. The molecule has 0 radical (unpaired) electrons. The highest BCUT2D eigenvalue weighted by Gasteiger charge is 2.34. The third-order valence-corrected chi connectivity index (χ3v) is 5.49. The van der Waals surface area contributed by atoms with Crippen LogP contribution in [0.2, 0.25) is 5.15 Å². The van der Waals surface area contributed by atoms with Gasteiger partial charge >= 0.3 is 0 Å². The molecule has 1 aromatic heterocycles. The van der Waals surface area contributed by atoms with Crippen molar-refractivity contribution in [3.8, 4) is 5.75 Å². The van der Waals surface area contributed by atoms with Crippen molar-refractivity contribution in [2.75, 3.05) is 7.11 Å². The molecule has 0 aliphatic carbocycles. The number of benzene rings is 2. The summed E-state index contributed by atoms with van der Waals surface area (Å²) in [6.07, 6.45) is 0.967. The van der Waals surface area contributed by atoms with Gasteiger partial charge in [-0.1, -0.05) is 48.4 Å². The number of pyridine rings is 1. The molecule has 6 heteroatoms. The van der Waals surface area contributed by atoms with E-state index in [0.717, 1.165) is 39.1 Å². The summed E-state index contributed by atoms with van der Waals surface area (Å²) in [5.41, 5.74) is 4.62. The van der Waals surface area contributed by atoms with E-state index in [1.54, 1.807) is 12.1 Å². The van der Waals surface area contributed by atoms with Gasteiger partial charge in [0.2, 0.25) is 5.91 Å². The van der Waals surface area contributed by atoms with E-state index in [1.165, 1.54) is 0 Å². The average Bonchev–Trinajstić information content (AvgIpc) is 3.17. The first-order valence-corrected chi connectivity index (χ1v) is 9.98. The number of aromatic nitrogens is 1. The van der Waals surface area contributed by atoms with Gasteiger partial charge < -0.3 is 4.74 Å². The minimum absolute atomic E-state index is 0.0384. The summed E-state index contributed by atoms with van der Waals surface area (Å²) in [5, 5.41) is 7.56. The molecule has 0 saturated carbocycles. The van der Waals surface area contributed by atoms with E-state index < -0.39 is 0 Å². The third kappa shape index (κ3) is 3.70. The molecule has 1 aliphatic rings. The van der Waals surface area contributed by atoms with Crippen LogP contribution in [0.1, 0.15) is 42.5 Å². The molecule has 148 valence electrons. The maximum absolute atomic E-state index is 12.6. The fourth-order valence-electron chi connectivity index (χ4n) is 3.64. The topological polar surface area (TPSA) is 54.8 Å². The molecule has 3 aromatic rings. The van der Waals surface area contributed by atoms with Gasteiger partial charge in [-0.15, -0.1) is 0 Å². The number of nitrogens with zero attached hydrogens (tertiary/aromatic N) is 3. The highest BCUT2D eigenvalue weighted by Crippen LogP contribution is 2.38. The second-order valence-electron chi connectivity index (χ2n) is 7.15. The van der Waals surface area contributed by atoms with Crippen molar-refractivity contribution < 1.29 is 9.53 Å². The van der Waals surface area contributed by atoms with Crippen LogP contribution in [0.15, 0.2) is 53.6 Å². The minimum Gasteiger partial charge on any atom is -0.497 e. The molecule has 1 amide bonds. The van der Waals surface area contributed by atoms with E-state index in [4.69, 9.17) is 16.3 Å². The normalized spacial score (nSPS) is 16.2. The molecule has 1 aliphatic heterocycles. The van der Waals surface area contributed by atoms with Gasteiger partial charge in [-0.2, -0.15) is 5.10 Å². The van der Waals surface area contributed by atoms with Crippen molar-refractivity contribution in [3.05, 3.63) is 70.4 Å². The summed E-state index contributed by atoms with van der Waals surface area (Å²) >= 11 is 6.57. The van der Waals surface area contributed by atoms with Crippen LogP contribution in [0.25, 0.3) is 10.9 Å². The lowest BCUT2D eigenvalue weighted by molar-refractivity contribution is -0.132. The fourth-order valence-corrected chi connectivity index (χ4v) is 3.92. The molecule has 2 heterocycles. The molecule has 0 spiro atoms.